The number of carbonyl (C=O) groups excluding carboxylic acids is 2. The molecule has 0 aromatic heterocycles. The fraction of sp³-hybridized carbons (Fsp3) is 0.846. The molecule has 0 unspecified atom stereocenters. The van der Waals surface area contributed by atoms with Crippen molar-refractivity contribution in [3.05, 3.63) is 0 Å². The van der Waals surface area contributed by atoms with Gasteiger partial charge in [0.25, 0.3) is 0 Å². The zero-order chi connectivity index (χ0) is 13.4. The normalized spacial score (nSPS) is 17.2. The molecular weight excluding hydrogens is 266 g/mol. The minimum Gasteiger partial charge on any atom is -0.353 e. The molecule has 1 saturated carbocycles. The highest BCUT2D eigenvalue weighted by molar-refractivity contribution is 5.91. The van der Waals surface area contributed by atoms with Crippen molar-refractivity contribution in [2.24, 2.45) is 0 Å². The maximum absolute atomic E-state index is 12.3. The van der Waals surface area contributed by atoms with Crippen LogP contribution in [0.5, 0.6) is 0 Å². The fourth-order valence-corrected chi connectivity index (χ4v) is 2.51. The summed E-state index contributed by atoms with van der Waals surface area (Å²) in [7, 11) is 0. The van der Waals surface area contributed by atoms with E-state index in [1.54, 1.807) is 0 Å². The fourth-order valence-electron chi connectivity index (χ4n) is 2.51. The summed E-state index contributed by atoms with van der Waals surface area (Å²) in [6.45, 7) is 5.77. The molecular formula is C13H26ClN3O2. The first-order valence-electron chi connectivity index (χ1n) is 6.88. The molecule has 1 aliphatic carbocycles. The van der Waals surface area contributed by atoms with E-state index in [0.717, 1.165) is 45.2 Å². The highest BCUT2D eigenvalue weighted by Crippen LogP contribution is 2.28. The van der Waals surface area contributed by atoms with Crippen LogP contribution in [-0.4, -0.2) is 37.0 Å². The van der Waals surface area contributed by atoms with E-state index < -0.39 is 5.54 Å². The lowest BCUT2D eigenvalue weighted by atomic mass is 9.80. The van der Waals surface area contributed by atoms with Crippen LogP contribution in [-0.2, 0) is 9.59 Å². The van der Waals surface area contributed by atoms with Gasteiger partial charge in [0.1, 0.15) is 5.54 Å². The van der Waals surface area contributed by atoms with Gasteiger partial charge < -0.3 is 16.0 Å². The molecule has 6 heteroatoms. The lowest BCUT2D eigenvalue weighted by Crippen LogP contribution is -2.59. The number of halogens is 1. The Balaban J connectivity index is 0.00000324. The lowest BCUT2D eigenvalue weighted by Gasteiger charge is -2.36. The summed E-state index contributed by atoms with van der Waals surface area (Å²) in [6.07, 6.45) is 4.65. The summed E-state index contributed by atoms with van der Waals surface area (Å²) in [4.78, 5) is 23.6. The molecule has 0 heterocycles. The molecule has 2 amide bonds. The number of likely N-dealkylation sites (N-methyl/N-ethyl adjacent to an activating group) is 1. The van der Waals surface area contributed by atoms with E-state index in [0.29, 0.717) is 6.54 Å². The maximum Gasteiger partial charge on any atom is 0.245 e. The van der Waals surface area contributed by atoms with Crippen molar-refractivity contribution >= 4 is 24.2 Å². The van der Waals surface area contributed by atoms with Gasteiger partial charge in [0, 0.05) is 20.0 Å². The monoisotopic (exact) mass is 291 g/mol. The Bertz CT molecular complexity index is 292. The van der Waals surface area contributed by atoms with Gasteiger partial charge in [-0.05, 0) is 19.4 Å². The summed E-state index contributed by atoms with van der Waals surface area (Å²) in [5, 5.41) is 8.94. The summed E-state index contributed by atoms with van der Waals surface area (Å²) >= 11 is 0. The Labute approximate surface area is 121 Å². The largest absolute Gasteiger partial charge is 0.353 e. The molecule has 0 aromatic rings. The molecule has 3 N–H and O–H groups in total. The van der Waals surface area contributed by atoms with Gasteiger partial charge in [-0.25, -0.2) is 0 Å². The number of carbonyl (C=O) groups is 2. The van der Waals surface area contributed by atoms with Crippen LogP contribution >= 0.6 is 12.4 Å². The lowest BCUT2D eigenvalue weighted by molar-refractivity contribution is -0.134. The number of rotatable bonds is 6. The molecule has 1 rings (SSSR count). The summed E-state index contributed by atoms with van der Waals surface area (Å²) in [6, 6.07) is 0. The molecule has 0 atom stereocenters. The molecule has 19 heavy (non-hydrogen) atoms. The minimum absolute atomic E-state index is 0. The molecule has 1 fully saturated rings. The second-order valence-electron chi connectivity index (χ2n) is 4.93. The van der Waals surface area contributed by atoms with Crippen LogP contribution in [0.25, 0.3) is 0 Å². The number of hydrogen-bond acceptors (Lipinski definition) is 3. The van der Waals surface area contributed by atoms with Crippen molar-refractivity contribution in [2.45, 2.75) is 51.5 Å². The van der Waals surface area contributed by atoms with Gasteiger partial charge in [-0.1, -0.05) is 26.2 Å². The second kappa shape index (κ2) is 9.15. The van der Waals surface area contributed by atoms with Crippen molar-refractivity contribution in [1.82, 2.24) is 16.0 Å². The van der Waals surface area contributed by atoms with Gasteiger partial charge in [-0.2, -0.15) is 0 Å². The molecule has 0 radical (unpaired) electrons. The van der Waals surface area contributed by atoms with E-state index in [9.17, 15) is 9.59 Å². The summed E-state index contributed by atoms with van der Waals surface area (Å²) in [5.41, 5.74) is -0.670. The zero-order valence-corrected chi connectivity index (χ0v) is 12.7. The van der Waals surface area contributed by atoms with Crippen LogP contribution < -0.4 is 16.0 Å². The van der Waals surface area contributed by atoms with Crippen LogP contribution in [0.2, 0.25) is 0 Å². The predicted molar refractivity (Wildman–Crippen MR) is 78.4 cm³/mol. The zero-order valence-electron chi connectivity index (χ0n) is 11.9. The maximum atomic E-state index is 12.3. The van der Waals surface area contributed by atoms with E-state index >= 15 is 0 Å². The SMILES string of the molecule is CCNCCNC(=O)C1(NC(C)=O)CCCCC1.Cl. The van der Waals surface area contributed by atoms with Crippen LogP contribution in [0.15, 0.2) is 0 Å². The Kier molecular flexibility index (Phi) is 8.76. The average Bonchev–Trinajstić information content (AvgIpc) is 2.34. The van der Waals surface area contributed by atoms with Gasteiger partial charge >= 0.3 is 0 Å². The molecule has 5 nitrogen and oxygen atoms in total. The van der Waals surface area contributed by atoms with E-state index in [4.69, 9.17) is 0 Å². The molecule has 112 valence electrons. The molecule has 0 aliphatic heterocycles. The topological polar surface area (TPSA) is 70.2 Å². The minimum atomic E-state index is -0.670. The first kappa shape index (κ1) is 18.2. The quantitative estimate of drug-likeness (QED) is 0.639. The van der Waals surface area contributed by atoms with Gasteiger partial charge in [0.05, 0.1) is 0 Å². The molecule has 0 saturated heterocycles. The van der Waals surface area contributed by atoms with E-state index in [-0.39, 0.29) is 24.2 Å². The van der Waals surface area contributed by atoms with Crippen molar-refractivity contribution in [3.8, 4) is 0 Å². The Morgan fingerprint density at radius 3 is 2.26 bits per heavy atom. The highest BCUT2D eigenvalue weighted by atomic mass is 35.5. The third-order valence-electron chi connectivity index (χ3n) is 3.39. The van der Waals surface area contributed by atoms with E-state index in [1.807, 2.05) is 6.92 Å². The van der Waals surface area contributed by atoms with Gasteiger partial charge in [0.15, 0.2) is 0 Å². The van der Waals surface area contributed by atoms with Gasteiger partial charge in [-0.15, -0.1) is 12.4 Å². The molecule has 0 aromatic carbocycles. The second-order valence-corrected chi connectivity index (χ2v) is 4.93. The van der Waals surface area contributed by atoms with Crippen LogP contribution in [0.4, 0.5) is 0 Å². The first-order valence-corrected chi connectivity index (χ1v) is 6.88. The molecule has 0 spiro atoms. The summed E-state index contributed by atoms with van der Waals surface area (Å²) in [5.74, 6) is -0.158. The van der Waals surface area contributed by atoms with Crippen LogP contribution in [0.1, 0.15) is 46.0 Å². The smallest absolute Gasteiger partial charge is 0.245 e. The van der Waals surface area contributed by atoms with Crippen molar-refractivity contribution < 1.29 is 9.59 Å². The number of hydrogen-bond donors (Lipinski definition) is 3. The molecule has 1 aliphatic rings. The number of nitrogens with one attached hydrogen (secondary N) is 3. The van der Waals surface area contributed by atoms with Gasteiger partial charge in [-0.3, -0.25) is 9.59 Å². The van der Waals surface area contributed by atoms with Crippen LogP contribution in [0.3, 0.4) is 0 Å². The number of amides is 2. The van der Waals surface area contributed by atoms with Crippen molar-refractivity contribution in [3.63, 3.8) is 0 Å². The van der Waals surface area contributed by atoms with E-state index in [1.165, 1.54) is 6.92 Å². The predicted octanol–water partition coefficient (Wildman–Crippen LogP) is 0.973. The highest BCUT2D eigenvalue weighted by Gasteiger charge is 2.39. The average molecular weight is 292 g/mol. The third-order valence-corrected chi connectivity index (χ3v) is 3.39. The molecule has 0 bridgehead atoms. The summed E-state index contributed by atoms with van der Waals surface area (Å²) < 4.78 is 0. The Morgan fingerprint density at radius 1 is 1.11 bits per heavy atom. The van der Waals surface area contributed by atoms with Crippen molar-refractivity contribution in [1.29, 1.82) is 0 Å². The first-order chi connectivity index (χ1) is 8.60. The standard InChI is InChI=1S/C13H25N3O2.ClH/c1-3-14-9-10-15-12(18)13(16-11(2)17)7-5-4-6-8-13;/h14H,3-10H2,1-2H3,(H,15,18)(H,16,17);1H. The Hall–Kier alpha value is -0.810. The van der Waals surface area contributed by atoms with Crippen molar-refractivity contribution in [2.75, 3.05) is 19.6 Å². The third kappa shape index (κ3) is 5.78. The van der Waals surface area contributed by atoms with Crippen LogP contribution in [0, 0.1) is 0 Å². The Morgan fingerprint density at radius 2 is 1.74 bits per heavy atom. The van der Waals surface area contributed by atoms with Gasteiger partial charge in [0.2, 0.25) is 11.8 Å². The van der Waals surface area contributed by atoms with E-state index in [2.05, 4.69) is 16.0 Å².